The number of rotatable bonds is 5. The van der Waals surface area contributed by atoms with E-state index in [0.717, 1.165) is 44.3 Å². The Morgan fingerprint density at radius 2 is 1.82 bits per heavy atom. The van der Waals surface area contributed by atoms with E-state index < -0.39 is 0 Å². The largest absolute Gasteiger partial charge is 0.299 e. The summed E-state index contributed by atoms with van der Waals surface area (Å²) in [5.74, 6) is 1.04. The molecule has 1 aliphatic rings. The second-order valence-corrected chi connectivity index (χ2v) is 11.1. The van der Waals surface area contributed by atoms with Gasteiger partial charge in [0.05, 0.1) is 22.9 Å². The smallest absolute Gasteiger partial charge is 0.234 e. The van der Waals surface area contributed by atoms with Gasteiger partial charge in [-0.15, -0.1) is 5.10 Å². The van der Waals surface area contributed by atoms with Crippen LogP contribution in [0.2, 0.25) is 0 Å². The summed E-state index contributed by atoms with van der Waals surface area (Å²) in [6, 6.07) is 26.9. The van der Waals surface area contributed by atoms with Gasteiger partial charge in [0.25, 0.3) is 0 Å². The van der Waals surface area contributed by atoms with Crippen molar-refractivity contribution in [2.45, 2.75) is 33.1 Å². The molecular formula is C32H29N5OS. The Morgan fingerprint density at radius 1 is 1.00 bits per heavy atom. The summed E-state index contributed by atoms with van der Waals surface area (Å²) in [5, 5.41) is 11.7. The molecule has 0 N–H and O–H groups in total. The second kappa shape index (κ2) is 10.5. The third-order valence-electron chi connectivity index (χ3n) is 7.01. The van der Waals surface area contributed by atoms with Crippen LogP contribution in [0.15, 0.2) is 95.4 Å². The van der Waals surface area contributed by atoms with Crippen LogP contribution in [0, 0.1) is 6.92 Å². The predicted octanol–water partition coefficient (Wildman–Crippen LogP) is 7.47. The minimum absolute atomic E-state index is 0.0515. The number of amides is 1. The normalized spacial score (nSPS) is 15.4. The molecule has 6 nitrogen and oxygen atoms in total. The Bertz CT molecular complexity index is 1750. The number of imidazole rings is 1. The maximum absolute atomic E-state index is 12.9. The zero-order chi connectivity index (χ0) is 26.9. The standard InChI is InChI=1S/C32H29N5OS/c1-21(2)26-6-4-5-7-28(26)37-30(38)16-17-39-32(37)35-34-19-23-10-14-27-24(18-23)11-15-29-31(27)33-20-36(29)25-12-8-22(3)9-13-25/h4-15,18-21H,16-17H2,1-3H3/b34-19+,35-32-. The molecule has 39 heavy (non-hydrogen) atoms. The van der Waals surface area contributed by atoms with Gasteiger partial charge in [-0.2, -0.15) is 5.10 Å². The van der Waals surface area contributed by atoms with E-state index in [4.69, 9.17) is 4.98 Å². The summed E-state index contributed by atoms with van der Waals surface area (Å²) >= 11 is 1.56. The van der Waals surface area contributed by atoms with E-state index in [1.807, 2.05) is 30.6 Å². The zero-order valence-corrected chi connectivity index (χ0v) is 23.0. The van der Waals surface area contributed by atoms with E-state index >= 15 is 0 Å². The third kappa shape index (κ3) is 4.86. The van der Waals surface area contributed by atoms with Crippen molar-refractivity contribution in [3.8, 4) is 5.69 Å². The minimum Gasteiger partial charge on any atom is -0.299 e. The number of benzene rings is 4. The first-order chi connectivity index (χ1) is 19.0. The maximum atomic E-state index is 12.9. The molecular weight excluding hydrogens is 502 g/mol. The number of para-hydroxylation sites is 1. The lowest BCUT2D eigenvalue weighted by Gasteiger charge is -2.29. The van der Waals surface area contributed by atoms with E-state index in [9.17, 15) is 4.79 Å². The van der Waals surface area contributed by atoms with Crippen LogP contribution in [0.4, 0.5) is 5.69 Å². The molecule has 0 saturated carbocycles. The van der Waals surface area contributed by atoms with Crippen molar-refractivity contribution in [1.82, 2.24) is 9.55 Å². The molecule has 1 saturated heterocycles. The Hall–Kier alpha value is -4.23. The molecule has 1 aromatic heterocycles. The van der Waals surface area contributed by atoms with Gasteiger partial charge >= 0.3 is 0 Å². The molecule has 7 heteroatoms. The number of amidine groups is 1. The highest BCUT2D eigenvalue weighted by molar-refractivity contribution is 8.14. The molecule has 1 amide bonds. The van der Waals surface area contributed by atoms with Gasteiger partial charge in [-0.25, -0.2) is 4.98 Å². The number of thioether (sulfide) groups is 1. The first kappa shape index (κ1) is 25.1. The molecule has 1 fully saturated rings. The topological polar surface area (TPSA) is 62.9 Å². The molecule has 1 aliphatic heterocycles. The van der Waals surface area contributed by atoms with E-state index in [0.29, 0.717) is 17.3 Å². The molecule has 194 valence electrons. The molecule has 0 unspecified atom stereocenters. The van der Waals surface area contributed by atoms with Crippen LogP contribution in [0.1, 0.15) is 42.9 Å². The zero-order valence-electron chi connectivity index (χ0n) is 22.2. The predicted molar refractivity (Wildman–Crippen MR) is 163 cm³/mol. The van der Waals surface area contributed by atoms with Crippen LogP contribution in [0.5, 0.6) is 0 Å². The minimum atomic E-state index is 0.0515. The van der Waals surface area contributed by atoms with Crippen molar-refractivity contribution in [1.29, 1.82) is 0 Å². The van der Waals surface area contributed by atoms with Crippen molar-refractivity contribution >= 4 is 56.5 Å². The van der Waals surface area contributed by atoms with Gasteiger partial charge in [0, 0.05) is 23.2 Å². The Morgan fingerprint density at radius 3 is 2.64 bits per heavy atom. The summed E-state index contributed by atoms with van der Waals surface area (Å²) in [6.07, 6.45) is 4.11. The average Bonchev–Trinajstić information content (AvgIpc) is 3.38. The highest BCUT2D eigenvalue weighted by Crippen LogP contribution is 2.33. The van der Waals surface area contributed by atoms with E-state index in [1.165, 1.54) is 5.56 Å². The van der Waals surface area contributed by atoms with Gasteiger partial charge in [0.1, 0.15) is 6.33 Å². The van der Waals surface area contributed by atoms with Gasteiger partial charge in [-0.3, -0.25) is 14.3 Å². The first-order valence-electron chi connectivity index (χ1n) is 13.1. The lowest BCUT2D eigenvalue weighted by atomic mass is 10.0. The number of anilines is 1. The number of hydrogen-bond acceptors (Lipinski definition) is 5. The monoisotopic (exact) mass is 531 g/mol. The SMILES string of the molecule is Cc1ccc(-n2cnc3c4ccc(/C=N/N=C5\SCCC(=O)N5c5ccccc5C(C)C)cc4ccc32)cc1. The average molecular weight is 532 g/mol. The van der Waals surface area contributed by atoms with Crippen LogP contribution in [-0.4, -0.2) is 32.6 Å². The maximum Gasteiger partial charge on any atom is 0.234 e. The number of carbonyl (C=O) groups is 1. The van der Waals surface area contributed by atoms with Crippen molar-refractivity contribution < 1.29 is 4.79 Å². The third-order valence-corrected chi connectivity index (χ3v) is 7.94. The number of aryl methyl sites for hydroxylation is 1. The fourth-order valence-electron chi connectivity index (χ4n) is 4.97. The molecule has 0 atom stereocenters. The first-order valence-corrected chi connectivity index (χ1v) is 14.1. The van der Waals surface area contributed by atoms with Crippen LogP contribution < -0.4 is 4.90 Å². The molecule has 6 rings (SSSR count). The summed E-state index contributed by atoms with van der Waals surface area (Å²) in [7, 11) is 0. The number of nitrogens with zero attached hydrogens (tertiary/aromatic N) is 5. The number of carbonyl (C=O) groups excluding carboxylic acids is 1. The lowest BCUT2D eigenvalue weighted by molar-refractivity contribution is -0.117. The number of hydrogen-bond donors (Lipinski definition) is 0. The van der Waals surface area contributed by atoms with Crippen molar-refractivity contribution in [2.75, 3.05) is 10.7 Å². The van der Waals surface area contributed by atoms with Gasteiger partial charge in [0.2, 0.25) is 5.91 Å². The van der Waals surface area contributed by atoms with Crippen LogP contribution in [0.3, 0.4) is 0 Å². The van der Waals surface area contributed by atoms with E-state index in [2.05, 4.69) is 90.1 Å². The molecule has 0 bridgehead atoms. The summed E-state index contributed by atoms with van der Waals surface area (Å²) in [4.78, 5) is 19.4. The Kier molecular flexibility index (Phi) is 6.75. The lowest BCUT2D eigenvalue weighted by Crippen LogP contribution is -2.39. The van der Waals surface area contributed by atoms with Gasteiger partial charge in [-0.05, 0) is 59.7 Å². The van der Waals surface area contributed by atoms with E-state index in [1.54, 1.807) is 22.9 Å². The summed E-state index contributed by atoms with van der Waals surface area (Å²) < 4.78 is 2.12. The molecule has 2 heterocycles. The summed E-state index contributed by atoms with van der Waals surface area (Å²) in [6.45, 7) is 6.36. The molecule has 0 radical (unpaired) electrons. The number of aromatic nitrogens is 2. The van der Waals surface area contributed by atoms with E-state index in [-0.39, 0.29) is 11.8 Å². The van der Waals surface area contributed by atoms with Crippen LogP contribution >= 0.6 is 11.8 Å². The molecule has 0 aliphatic carbocycles. The molecule has 4 aromatic carbocycles. The van der Waals surface area contributed by atoms with Crippen molar-refractivity contribution in [3.05, 3.63) is 102 Å². The van der Waals surface area contributed by atoms with Crippen LogP contribution in [-0.2, 0) is 4.79 Å². The highest BCUT2D eigenvalue weighted by atomic mass is 32.2. The van der Waals surface area contributed by atoms with Gasteiger partial charge in [0.15, 0.2) is 5.17 Å². The quantitative estimate of drug-likeness (QED) is 0.175. The summed E-state index contributed by atoms with van der Waals surface area (Å²) in [5.41, 5.74) is 7.30. The van der Waals surface area contributed by atoms with Gasteiger partial charge in [-0.1, -0.05) is 79.7 Å². The molecule has 0 spiro atoms. The molecule has 5 aromatic rings. The number of fused-ring (bicyclic) bond motifs is 3. The Labute approximate surface area is 232 Å². The van der Waals surface area contributed by atoms with Crippen molar-refractivity contribution in [3.63, 3.8) is 0 Å². The van der Waals surface area contributed by atoms with Crippen molar-refractivity contribution in [2.24, 2.45) is 10.2 Å². The second-order valence-electron chi connectivity index (χ2n) is 10.0. The van der Waals surface area contributed by atoms with Crippen LogP contribution in [0.25, 0.3) is 27.5 Å². The fraction of sp³-hybridized carbons (Fsp3) is 0.188. The Balaban J connectivity index is 1.30. The van der Waals surface area contributed by atoms with Gasteiger partial charge < -0.3 is 0 Å². The highest BCUT2D eigenvalue weighted by Gasteiger charge is 2.29. The fourth-order valence-corrected chi connectivity index (χ4v) is 5.86.